The molecule has 1 heterocycles. The summed E-state index contributed by atoms with van der Waals surface area (Å²) in [5, 5.41) is 12.4. The van der Waals surface area contributed by atoms with Gasteiger partial charge in [0, 0.05) is 24.3 Å². The molecule has 0 unspecified atom stereocenters. The van der Waals surface area contributed by atoms with Gasteiger partial charge in [0.15, 0.2) is 0 Å². The Morgan fingerprint density at radius 2 is 1.76 bits per heavy atom. The van der Waals surface area contributed by atoms with Crippen LogP contribution in [0.3, 0.4) is 0 Å². The number of ether oxygens (including phenoxy) is 1. The van der Waals surface area contributed by atoms with E-state index in [1.807, 2.05) is 34.9 Å². The Morgan fingerprint density at radius 3 is 2.29 bits per heavy atom. The van der Waals surface area contributed by atoms with Gasteiger partial charge in [0.05, 0.1) is 11.5 Å². The highest BCUT2D eigenvalue weighted by molar-refractivity contribution is 8.01. The molecule has 38 heavy (non-hydrogen) atoms. The average molecular weight is 564 g/mol. The average Bonchev–Trinajstić information content (AvgIpc) is 3.22. The van der Waals surface area contributed by atoms with E-state index in [2.05, 4.69) is 10.2 Å². The number of aryl methyl sites for hydroxylation is 1. The zero-order chi connectivity index (χ0) is 28.1. The van der Waals surface area contributed by atoms with E-state index in [9.17, 15) is 23.1 Å². The number of sulfonamides is 1. The highest BCUT2D eigenvalue weighted by atomic mass is 32.2. The summed E-state index contributed by atoms with van der Waals surface area (Å²) < 4.78 is 33.8. The van der Waals surface area contributed by atoms with Crippen molar-refractivity contribution < 1.29 is 27.9 Å². The van der Waals surface area contributed by atoms with Crippen molar-refractivity contribution in [2.24, 2.45) is 0 Å². The molecule has 0 radical (unpaired) electrons. The lowest BCUT2D eigenvalue weighted by molar-refractivity contribution is -0.146. The van der Waals surface area contributed by atoms with Gasteiger partial charge in [0.2, 0.25) is 0 Å². The minimum atomic E-state index is -4.47. The molecule has 11 heteroatoms. The minimum Gasteiger partial charge on any atom is -0.494 e. The van der Waals surface area contributed by atoms with Crippen LogP contribution in [-0.2, 0) is 26.0 Å². The van der Waals surface area contributed by atoms with Crippen molar-refractivity contribution in [3.63, 3.8) is 0 Å². The molecule has 1 aliphatic heterocycles. The molecule has 2 aromatic rings. The molecule has 0 bridgehead atoms. The second-order valence-electron chi connectivity index (χ2n) is 10.4. The van der Waals surface area contributed by atoms with Gasteiger partial charge in [-0.15, -0.1) is 11.8 Å². The van der Waals surface area contributed by atoms with Crippen LogP contribution < -0.4 is 10.1 Å². The Hall–Kier alpha value is -2.60. The highest BCUT2D eigenvalue weighted by Gasteiger charge is 2.46. The zero-order valence-electron chi connectivity index (χ0n) is 22.5. The molecule has 208 valence electrons. The van der Waals surface area contributed by atoms with Gasteiger partial charge in [-0.25, -0.2) is 17.5 Å². The molecule has 3 rings (SSSR count). The summed E-state index contributed by atoms with van der Waals surface area (Å²) in [6.07, 6.45) is 0.668. The lowest BCUT2D eigenvalue weighted by Gasteiger charge is -2.31. The van der Waals surface area contributed by atoms with Crippen molar-refractivity contribution in [2.45, 2.75) is 55.5 Å². The number of amides is 1. The molecule has 1 saturated heterocycles. The van der Waals surface area contributed by atoms with Crippen LogP contribution in [0.25, 0.3) is 0 Å². The third kappa shape index (κ3) is 7.72. The van der Waals surface area contributed by atoms with Crippen LogP contribution >= 0.6 is 11.8 Å². The maximum absolute atomic E-state index is 13.8. The van der Waals surface area contributed by atoms with Crippen LogP contribution in [0.2, 0.25) is 0 Å². The fourth-order valence-electron chi connectivity index (χ4n) is 4.03. The van der Waals surface area contributed by atoms with E-state index in [-0.39, 0.29) is 11.3 Å². The lowest BCUT2D eigenvalue weighted by atomic mass is 10.1. The Bertz CT molecular complexity index is 1210. The second-order valence-corrected chi connectivity index (χ2v) is 13.3. The van der Waals surface area contributed by atoms with E-state index >= 15 is 0 Å². The van der Waals surface area contributed by atoms with Crippen LogP contribution in [0.5, 0.6) is 5.75 Å². The van der Waals surface area contributed by atoms with Crippen LogP contribution in [-0.4, -0.2) is 84.6 Å². The largest absolute Gasteiger partial charge is 0.494 e. The maximum atomic E-state index is 13.8. The number of hydrogen-bond acceptors (Lipinski definition) is 8. The van der Waals surface area contributed by atoms with Crippen molar-refractivity contribution in [2.75, 3.05) is 33.0 Å². The van der Waals surface area contributed by atoms with Crippen LogP contribution in [0.4, 0.5) is 0 Å². The third-order valence-electron chi connectivity index (χ3n) is 6.09. The summed E-state index contributed by atoms with van der Waals surface area (Å²) in [4.78, 5) is 28.1. The summed E-state index contributed by atoms with van der Waals surface area (Å²) in [7, 11) is -0.487. The molecule has 1 fully saturated rings. The minimum absolute atomic E-state index is 0.133. The first-order chi connectivity index (χ1) is 17.8. The summed E-state index contributed by atoms with van der Waals surface area (Å²) in [5.74, 6) is -0.988. The van der Waals surface area contributed by atoms with E-state index in [1.54, 1.807) is 36.4 Å². The second kappa shape index (κ2) is 12.5. The molecule has 2 aromatic carbocycles. The summed E-state index contributed by atoms with van der Waals surface area (Å²) in [6.45, 7) is 7.06. The maximum Gasteiger partial charge on any atom is 0.328 e. The number of thioether (sulfide) groups is 1. The van der Waals surface area contributed by atoms with E-state index in [0.717, 1.165) is 18.5 Å². The fraction of sp³-hybridized carbons (Fsp3) is 0.481. The first-order valence-corrected chi connectivity index (χ1v) is 14.9. The quantitative estimate of drug-likeness (QED) is 0.376. The zero-order valence-corrected chi connectivity index (χ0v) is 24.1. The molecule has 0 saturated carbocycles. The topological polar surface area (TPSA) is 116 Å². The molecule has 0 aromatic heterocycles. The molecule has 0 spiro atoms. The number of carbonyl (C=O) groups excluding carboxylic acids is 1. The van der Waals surface area contributed by atoms with Gasteiger partial charge in [-0.05, 0) is 71.1 Å². The summed E-state index contributed by atoms with van der Waals surface area (Å²) in [5.41, 5.74) is 1.02. The monoisotopic (exact) mass is 563 g/mol. The Balaban J connectivity index is 1.89. The molecular weight excluding hydrogens is 526 g/mol. The van der Waals surface area contributed by atoms with E-state index in [4.69, 9.17) is 4.74 Å². The SMILES string of the molecule is Cc1ccc(S(=O)(=O)N(C(=O)[C@H]2NC(C)(C)CS2)[C@@H](Cc2ccc(OCCCN(C)C)cc2)C(=O)O)cc1. The summed E-state index contributed by atoms with van der Waals surface area (Å²) >= 11 is 1.27. The molecule has 0 aliphatic carbocycles. The first kappa shape index (κ1) is 29.9. The predicted octanol–water partition coefficient (Wildman–Crippen LogP) is 2.98. The van der Waals surface area contributed by atoms with Crippen molar-refractivity contribution >= 4 is 33.7 Å². The fourth-order valence-corrected chi connectivity index (χ4v) is 6.97. The van der Waals surface area contributed by atoms with E-state index in [1.165, 1.54) is 23.9 Å². The van der Waals surface area contributed by atoms with Crippen LogP contribution in [0.1, 0.15) is 31.4 Å². The van der Waals surface area contributed by atoms with Gasteiger partial charge in [0.25, 0.3) is 15.9 Å². The lowest BCUT2D eigenvalue weighted by Crippen LogP contribution is -2.55. The van der Waals surface area contributed by atoms with Crippen molar-refractivity contribution in [1.82, 2.24) is 14.5 Å². The van der Waals surface area contributed by atoms with E-state index < -0.39 is 38.9 Å². The van der Waals surface area contributed by atoms with Crippen molar-refractivity contribution in [3.05, 3.63) is 59.7 Å². The van der Waals surface area contributed by atoms with Crippen molar-refractivity contribution in [3.8, 4) is 5.75 Å². The predicted molar refractivity (Wildman–Crippen MR) is 149 cm³/mol. The number of benzene rings is 2. The standard InChI is InChI=1S/C27H37N3O6S2/c1-19-7-13-22(14-8-19)38(34,35)30(25(31)24-28-27(2,3)18-37-24)23(26(32)33)17-20-9-11-21(12-10-20)36-16-6-15-29(4)5/h7-14,23-24,28H,6,15-18H2,1-5H3,(H,32,33)/t23-,24-/m0/s1. The number of carboxylic acids is 1. The molecule has 1 aliphatic rings. The summed E-state index contributed by atoms with van der Waals surface area (Å²) in [6, 6.07) is 11.2. The number of hydrogen-bond donors (Lipinski definition) is 2. The smallest absolute Gasteiger partial charge is 0.328 e. The van der Waals surface area contributed by atoms with Gasteiger partial charge in [0.1, 0.15) is 17.2 Å². The Kier molecular flexibility index (Phi) is 9.85. The molecule has 9 nitrogen and oxygen atoms in total. The molecule has 1 amide bonds. The van der Waals surface area contributed by atoms with E-state index in [0.29, 0.717) is 28.0 Å². The Morgan fingerprint density at radius 1 is 1.13 bits per heavy atom. The van der Waals surface area contributed by atoms with Crippen molar-refractivity contribution in [1.29, 1.82) is 0 Å². The third-order valence-corrected chi connectivity index (χ3v) is 9.45. The van der Waals surface area contributed by atoms with Gasteiger partial charge < -0.3 is 14.7 Å². The number of nitrogens with zero attached hydrogens (tertiary/aromatic N) is 2. The van der Waals surface area contributed by atoms with Gasteiger partial charge in [-0.2, -0.15) is 0 Å². The van der Waals surface area contributed by atoms with Gasteiger partial charge >= 0.3 is 5.97 Å². The first-order valence-electron chi connectivity index (χ1n) is 12.4. The number of aliphatic carboxylic acids is 1. The van der Waals surface area contributed by atoms with Gasteiger partial charge in [-0.3, -0.25) is 10.1 Å². The normalized spacial score (nSPS) is 17.8. The van der Waals surface area contributed by atoms with Gasteiger partial charge in [-0.1, -0.05) is 29.8 Å². The highest BCUT2D eigenvalue weighted by Crippen LogP contribution is 2.31. The molecule has 2 atom stereocenters. The van der Waals surface area contributed by atoms with Crippen LogP contribution in [0, 0.1) is 6.92 Å². The number of nitrogens with one attached hydrogen (secondary N) is 1. The van der Waals surface area contributed by atoms with Crippen LogP contribution in [0.15, 0.2) is 53.4 Å². The number of carboxylic acid groups (broad SMARTS) is 1. The molecular formula is C27H37N3O6S2. The number of rotatable bonds is 12. The molecule has 2 N–H and O–H groups in total. The Labute approximate surface area is 229 Å². The number of carbonyl (C=O) groups is 2.